The number of imidazole rings is 1. The van der Waals surface area contributed by atoms with Crippen LogP contribution in [0.4, 0.5) is 5.95 Å². The van der Waals surface area contributed by atoms with Crippen LogP contribution >= 0.6 is 11.3 Å². The molecule has 1 aromatic carbocycles. The van der Waals surface area contributed by atoms with Crippen LogP contribution in [-0.2, 0) is 6.54 Å². The van der Waals surface area contributed by atoms with E-state index in [-0.39, 0.29) is 0 Å². The zero-order valence-electron chi connectivity index (χ0n) is 11.0. The van der Waals surface area contributed by atoms with E-state index in [4.69, 9.17) is 5.73 Å². The summed E-state index contributed by atoms with van der Waals surface area (Å²) in [6, 6.07) is 6.24. The lowest BCUT2D eigenvalue weighted by Crippen LogP contribution is -2.09. The fraction of sp³-hybridized carbons (Fsp3) is 0.286. The van der Waals surface area contributed by atoms with Crippen molar-refractivity contribution in [2.24, 2.45) is 0 Å². The van der Waals surface area contributed by atoms with Crippen LogP contribution in [-0.4, -0.2) is 14.5 Å². The molecule has 1 atom stereocenters. The second-order valence-electron chi connectivity index (χ2n) is 4.84. The van der Waals surface area contributed by atoms with E-state index in [1.165, 1.54) is 5.56 Å². The minimum atomic E-state index is 0.334. The highest BCUT2D eigenvalue weighted by atomic mass is 32.1. The minimum Gasteiger partial charge on any atom is -0.369 e. The highest BCUT2D eigenvalue weighted by Crippen LogP contribution is 2.25. The van der Waals surface area contributed by atoms with E-state index in [1.807, 2.05) is 11.6 Å². The van der Waals surface area contributed by atoms with Crippen LogP contribution in [0.2, 0.25) is 0 Å². The van der Waals surface area contributed by atoms with E-state index in [1.54, 1.807) is 11.3 Å². The Balaban J connectivity index is 1.98. The Morgan fingerprint density at radius 2 is 2.26 bits per heavy atom. The topological polar surface area (TPSA) is 56.7 Å². The summed E-state index contributed by atoms with van der Waals surface area (Å²) in [5.74, 6) is 0.907. The summed E-state index contributed by atoms with van der Waals surface area (Å²) in [4.78, 5) is 8.80. The number of nitrogens with two attached hydrogens (primary N) is 1. The first-order valence-electron chi connectivity index (χ1n) is 6.27. The van der Waals surface area contributed by atoms with Crippen LogP contribution in [0.1, 0.15) is 23.4 Å². The molecule has 0 radical (unpaired) electrons. The van der Waals surface area contributed by atoms with Gasteiger partial charge in [-0.15, -0.1) is 11.3 Å². The maximum Gasteiger partial charge on any atom is 0.201 e. The first-order chi connectivity index (χ1) is 9.15. The number of nitrogen functional groups attached to an aromatic ring is 1. The first kappa shape index (κ1) is 12.2. The van der Waals surface area contributed by atoms with Gasteiger partial charge in [-0.05, 0) is 24.6 Å². The zero-order chi connectivity index (χ0) is 13.4. The highest BCUT2D eigenvalue weighted by molar-refractivity contribution is 7.09. The maximum atomic E-state index is 6.04. The molecular weight excluding hydrogens is 256 g/mol. The van der Waals surface area contributed by atoms with Crippen LogP contribution < -0.4 is 5.73 Å². The van der Waals surface area contributed by atoms with Crippen LogP contribution in [0, 0.1) is 6.92 Å². The summed E-state index contributed by atoms with van der Waals surface area (Å²) in [7, 11) is 0. The molecule has 2 heterocycles. The Labute approximate surface area is 115 Å². The second kappa shape index (κ2) is 4.66. The van der Waals surface area contributed by atoms with E-state index in [0.29, 0.717) is 11.9 Å². The molecule has 98 valence electrons. The zero-order valence-corrected chi connectivity index (χ0v) is 11.8. The second-order valence-corrected chi connectivity index (χ2v) is 5.77. The fourth-order valence-corrected chi connectivity index (χ4v) is 2.97. The number of hydrogen-bond acceptors (Lipinski definition) is 4. The Bertz CT molecular complexity index is 700. The molecule has 0 aliphatic heterocycles. The van der Waals surface area contributed by atoms with Crippen LogP contribution in [0.3, 0.4) is 0 Å². The average Bonchev–Trinajstić information content (AvgIpc) is 2.98. The van der Waals surface area contributed by atoms with Gasteiger partial charge in [0.25, 0.3) is 0 Å². The number of thiazole rings is 1. The van der Waals surface area contributed by atoms with Crippen LogP contribution in [0.5, 0.6) is 0 Å². The first-order valence-corrected chi connectivity index (χ1v) is 7.15. The Kier molecular flexibility index (Phi) is 2.98. The van der Waals surface area contributed by atoms with Crippen molar-refractivity contribution in [3.8, 4) is 0 Å². The number of fused-ring (bicyclic) bond motifs is 1. The summed E-state index contributed by atoms with van der Waals surface area (Å²) in [5.41, 5.74) is 9.29. The predicted molar refractivity (Wildman–Crippen MR) is 79.4 cm³/mol. The molecule has 0 spiro atoms. The molecule has 0 saturated carbocycles. The SMILES string of the molecule is Cc1ccc2c(c1)nc(N)n2CC(C)c1nccs1. The molecule has 2 aromatic heterocycles. The monoisotopic (exact) mass is 272 g/mol. The summed E-state index contributed by atoms with van der Waals surface area (Å²) in [6.07, 6.45) is 1.84. The van der Waals surface area contributed by atoms with Gasteiger partial charge in [0.1, 0.15) is 0 Å². The number of hydrogen-bond donors (Lipinski definition) is 1. The lowest BCUT2D eigenvalue weighted by Gasteiger charge is -2.11. The Morgan fingerprint density at radius 1 is 1.42 bits per heavy atom. The summed E-state index contributed by atoms with van der Waals surface area (Å²) in [6.45, 7) is 5.03. The van der Waals surface area contributed by atoms with E-state index >= 15 is 0 Å². The standard InChI is InChI=1S/C14H16N4S/c1-9-3-4-12-11(7-9)17-14(15)18(12)8-10(2)13-16-5-6-19-13/h3-7,10H,8H2,1-2H3,(H2,15,17). The van der Waals surface area contributed by atoms with Crippen molar-refractivity contribution in [3.63, 3.8) is 0 Å². The molecule has 0 saturated heterocycles. The van der Waals surface area contributed by atoms with E-state index in [0.717, 1.165) is 22.6 Å². The van der Waals surface area contributed by atoms with Crippen LogP contribution in [0.15, 0.2) is 29.8 Å². The van der Waals surface area contributed by atoms with E-state index in [9.17, 15) is 0 Å². The van der Waals surface area contributed by atoms with Gasteiger partial charge in [0.15, 0.2) is 0 Å². The third-order valence-electron chi connectivity index (χ3n) is 3.26. The van der Waals surface area contributed by atoms with Gasteiger partial charge in [-0.25, -0.2) is 9.97 Å². The maximum absolute atomic E-state index is 6.04. The van der Waals surface area contributed by atoms with Gasteiger partial charge in [-0.1, -0.05) is 13.0 Å². The van der Waals surface area contributed by atoms with Gasteiger partial charge in [0, 0.05) is 24.0 Å². The van der Waals surface area contributed by atoms with Gasteiger partial charge in [-0.3, -0.25) is 0 Å². The van der Waals surface area contributed by atoms with Crippen molar-refractivity contribution in [2.45, 2.75) is 26.3 Å². The number of rotatable bonds is 3. The molecule has 5 heteroatoms. The lowest BCUT2D eigenvalue weighted by atomic mass is 10.2. The molecular formula is C14H16N4S. The van der Waals surface area contributed by atoms with Gasteiger partial charge < -0.3 is 10.3 Å². The van der Waals surface area contributed by atoms with Gasteiger partial charge in [0.2, 0.25) is 5.95 Å². The molecule has 0 amide bonds. The Morgan fingerprint density at radius 3 is 3.00 bits per heavy atom. The molecule has 19 heavy (non-hydrogen) atoms. The molecule has 3 aromatic rings. The smallest absolute Gasteiger partial charge is 0.201 e. The fourth-order valence-electron chi connectivity index (χ4n) is 2.28. The number of aromatic nitrogens is 3. The Hall–Kier alpha value is -1.88. The summed E-state index contributed by atoms with van der Waals surface area (Å²) in [5, 5.41) is 3.14. The number of benzene rings is 1. The van der Waals surface area contributed by atoms with Crippen molar-refractivity contribution in [1.29, 1.82) is 0 Å². The van der Waals surface area contributed by atoms with Crippen molar-refractivity contribution in [1.82, 2.24) is 14.5 Å². The summed E-state index contributed by atoms with van der Waals surface area (Å²) < 4.78 is 2.07. The van der Waals surface area contributed by atoms with Gasteiger partial charge in [0.05, 0.1) is 16.0 Å². The number of anilines is 1. The van der Waals surface area contributed by atoms with Gasteiger partial charge >= 0.3 is 0 Å². The summed E-state index contributed by atoms with van der Waals surface area (Å²) >= 11 is 1.68. The normalized spacial score (nSPS) is 12.9. The highest BCUT2D eigenvalue weighted by Gasteiger charge is 2.14. The number of aryl methyl sites for hydroxylation is 1. The quantitative estimate of drug-likeness (QED) is 0.796. The average molecular weight is 272 g/mol. The van der Waals surface area contributed by atoms with Gasteiger partial charge in [-0.2, -0.15) is 0 Å². The van der Waals surface area contributed by atoms with E-state index < -0.39 is 0 Å². The molecule has 0 aliphatic rings. The third kappa shape index (κ3) is 2.21. The molecule has 0 bridgehead atoms. The largest absolute Gasteiger partial charge is 0.369 e. The van der Waals surface area contributed by atoms with Crippen molar-refractivity contribution in [2.75, 3.05) is 5.73 Å². The third-order valence-corrected chi connectivity index (χ3v) is 4.27. The minimum absolute atomic E-state index is 0.334. The molecule has 0 fully saturated rings. The van der Waals surface area contributed by atoms with Crippen LogP contribution in [0.25, 0.3) is 11.0 Å². The molecule has 2 N–H and O–H groups in total. The van der Waals surface area contributed by atoms with E-state index in [2.05, 4.69) is 46.6 Å². The van der Waals surface area contributed by atoms with Crippen molar-refractivity contribution < 1.29 is 0 Å². The van der Waals surface area contributed by atoms with Crippen molar-refractivity contribution in [3.05, 3.63) is 40.3 Å². The van der Waals surface area contributed by atoms with Crippen molar-refractivity contribution >= 4 is 28.3 Å². The lowest BCUT2D eigenvalue weighted by molar-refractivity contribution is 0.614. The molecule has 3 rings (SSSR count). The predicted octanol–water partition coefficient (Wildman–Crippen LogP) is 3.19. The number of nitrogens with zero attached hydrogens (tertiary/aromatic N) is 3. The molecule has 4 nitrogen and oxygen atoms in total. The molecule has 0 aliphatic carbocycles. The molecule has 1 unspecified atom stereocenters.